The van der Waals surface area contributed by atoms with Crippen LogP contribution < -0.4 is 16.4 Å². The normalized spacial score (nSPS) is 27.2. The monoisotopic (exact) mass is 361 g/mol. The first kappa shape index (κ1) is 18.4. The molecular formula is C14H23N3O4S2. The topological polar surface area (TPSA) is 122 Å². The first-order valence-corrected chi connectivity index (χ1v) is 9.83. The van der Waals surface area contributed by atoms with E-state index in [1.807, 2.05) is 11.8 Å². The van der Waals surface area contributed by atoms with Crippen LogP contribution in [0.5, 0.6) is 0 Å². The molecule has 0 unspecified atom stereocenters. The van der Waals surface area contributed by atoms with E-state index in [1.165, 1.54) is 11.8 Å². The van der Waals surface area contributed by atoms with Gasteiger partial charge in [-0.25, -0.2) is 4.79 Å². The van der Waals surface area contributed by atoms with E-state index in [-0.39, 0.29) is 23.2 Å². The second kappa shape index (κ2) is 8.79. The highest BCUT2D eigenvalue weighted by Gasteiger charge is 2.42. The van der Waals surface area contributed by atoms with E-state index in [0.717, 1.165) is 25.0 Å². The molecule has 7 nitrogen and oxygen atoms in total. The van der Waals surface area contributed by atoms with Crippen molar-refractivity contribution < 1.29 is 19.5 Å². The molecule has 9 heteroatoms. The van der Waals surface area contributed by atoms with Crippen LogP contribution in [-0.2, 0) is 9.59 Å². The minimum atomic E-state index is -1.03. The van der Waals surface area contributed by atoms with Crippen molar-refractivity contribution in [2.24, 2.45) is 5.73 Å². The molecule has 2 rings (SSSR count). The SMILES string of the molecule is N[C@@H](CCSC(=O)CCCC[C@@H]1SC[C@@H]2NC(=O)N[C@@H]21)C(=O)O. The van der Waals surface area contributed by atoms with Crippen LogP contribution >= 0.6 is 23.5 Å². The van der Waals surface area contributed by atoms with Crippen LogP contribution in [0.1, 0.15) is 32.1 Å². The minimum Gasteiger partial charge on any atom is -0.480 e. The van der Waals surface area contributed by atoms with Crippen molar-refractivity contribution in [3.05, 3.63) is 0 Å². The van der Waals surface area contributed by atoms with Gasteiger partial charge in [0.1, 0.15) is 6.04 Å². The number of thioether (sulfide) groups is 2. The average molecular weight is 361 g/mol. The van der Waals surface area contributed by atoms with Gasteiger partial charge in [-0.05, 0) is 19.3 Å². The maximum absolute atomic E-state index is 11.7. The number of nitrogens with one attached hydrogen (secondary N) is 2. The van der Waals surface area contributed by atoms with Gasteiger partial charge in [-0.3, -0.25) is 9.59 Å². The summed E-state index contributed by atoms with van der Waals surface area (Å²) in [5.74, 6) is 0.373. The Kier molecular flexibility index (Phi) is 7.04. The molecule has 2 amide bonds. The molecule has 0 aromatic carbocycles. The summed E-state index contributed by atoms with van der Waals surface area (Å²) in [5.41, 5.74) is 5.38. The van der Waals surface area contributed by atoms with E-state index < -0.39 is 12.0 Å². The van der Waals surface area contributed by atoms with E-state index in [0.29, 0.717) is 23.8 Å². The third-order valence-electron chi connectivity index (χ3n) is 4.07. The van der Waals surface area contributed by atoms with Crippen molar-refractivity contribution >= 4 is 40.6 Å². The summed E-state index contributed by atoms with van der Waals surface area (Å²) in [7, 11) is 0. The minimum absolute atomic E-state index is 0.0727. The molecular weight excluding hydrogens is 338 g/mol. The molecule has 0 aromatic heterocycles. The number of hydrogen-bond acceptors (Lipinski definition) is 6. The summed E-state index contributed by atoms with van der Waals surface area (Å²) in [6.45, 7) is 0. The summed E-state index contributed by atoms with van der Waals surface area (Å²) in [5, 5.41) is 15.0. The number of hydrogen-bond donors (Lipinski definition) is 4. The Bertz CT molecular complexity index is 463. The third-order valence-corrected chi connectivity index (χ3v) is 6.54. The molecule has 130 valence electrons. The van der Waals surface area contributed by atoms with Gasteiger partial charge < -0.3 is 21.5 Å². The Morgan fingerprint density at radius 3 is 2.91 bits per heavy atom. The highest BCUT2D eigenvalue weighted by Crippen LogP contribution is 2.33. The maximum Gasteiger partial charge on any atom is 0.320 e. The number of carbonyl (C=O) groups is 3. The van der Waals surface area contributed by atoms with Crippen molar-refractivity contribution in [3.63, 3.8) is 0 Å². The van der Waals surface area contributed by atoms with Gasteiger partial charge in [0.25, 0.3) is 0 Å². The molecule has 4 atom stereocenters. The zero-order valence-electron chi connectivity index (χ0n) is 12.8. The van der Waals surface area contributed by atoms with Gasteiger partial charge in [-0.15, -0.1) is 0 Å². The van der Waals surface area contributed by atoms with Crippen molar-refractivity contribution in [3.8, 4) is 0 Å². The first-order chi connectivity index (χ1) is 11.0. The van der Waals surface area contributed by atoms with Gasteiger partial charge in [0.05, 0.1) is 12.1 Å². The fourth-order valence-electron chi connectivity index (χ4n) is 2.75. The average Bonchev–Trinajstić information content (AvgIpc) is 3.03. The summed E-state index contributed by atoms with van der Waals surface area (Å²) >= 11 is 3.04. The smallest absolute Gasteiger partial charge is 0.320 e. The predicted molar refractivity (Wildman–Crippen MR) is 91.7 cm³/mol. The molecule has 23 heavy (non-hydrogen) atoms. The molecule has 0 aliphatic carbocycles. The maximum atomic E-state index is 11.7. The molecule has 5 N–H and O–H groups in total. The fourth-order valence-corrected chi connectivity index (χ4v) is 5.18. The molecule has 0 aromatic rings. The van der Waals surface area contributed by atoms with Crippen molar-refractivity contribution in [2.45, 2.75) is 55.5 Å². The van der Waals surface area contributed by atoms with E-state index in [2.05, 4.69) is 10.6 Å². The summed E-state index contributed by atoms with van der Waals surface area (Å²) in [6.07, 6.45) is 3.59. The third kappa shape index (κ3) is 5.58. The standard InChI is InChI=1S/C14H23N3O4S2/c15-8(13(19)20)5-6-22-11(18)4-2-1-3-10-12-9(7-23-10)16-14(21)17-12/h8-10,12H,1-7,15H2,(H,19,20)(H2,16,17,21)/t8-,9-,10-,12-/m0/s1. The number of carboxylic acids is 1. The molecule has 0 bridgehead atoms. The fraction of sp³-hybridized carbons (Fsp3) is 0.786. The molecule has 2 heterocycles. The van der Waals surface area contributed by atoms with Crippen LogP contribution in [0, 0.1) is 0 Å². The van der Waals surface area contributed by atoms with Gasteiger partial charge in [0.15, 0.2) is 5.12 Å². The number of unbranched alkanes of at least 4 members (excludes halogenated alkanes) is 1. The van der Waals surface area contributed by atoms with Crippen LogP contribution in [-0.4, -0.2) is 57.1 Å². The van der Waals surface area contributed by atoms with Crippen LogP contribution in [0.2, 0.25) is 0 Å². The Labute approximate surface area is 143 Å². The molecule has 2 aliphatic heterocycles. The Morgan fingerprint density at radius 1 is 1.39 bits per heavy atom. The number of fused-ring (bicyclic) bond motifs is 1. The summed E-state index contributed by atoms with van der Waals surface area (Å²) < 4.78 is 0. The van der Waals surface area contributed by atoms with Gasteiger partial charge >= 0.3 is 12.0 Å². The van der Waals surface area contributed by atoms with Crippen LogP contribution in [0.15, 0.2) is 0 Å². The first-order valence-electron chi connectivity index (χ1n) is 7.80. The molecule has 2 saturated heterocycles. The van der Waals surface area contributed by atoms with E-state index in [4.69, 9.17) is 10.8 Å². The molecule has 2 fully saturated rings. The lowest BCUT2D eigenvalue weighted by molar-refractivity contribution is -0.138. The zero-order chi connectivity index (χ0) is 16.8. The number of rotatable bonds is 9. The van der Waals surface area contributed by atoms with Crippen molar-refractivity contribution in [1.29, 1.82) is 0 Å². The van der Waals surface area contributed by atoms with Gasteiger partial charge in [0.2, 0.25) is 0 Å². The Hall–Kier alpha value is -0.930. The number of carbonyl (C=O) groups excluding carboxylic acids is 2. The van der Waals surface area contributed by atoms with Crippen LogP contribution in [0.3, 0.4) is 0 Å². The number of carboxylic acid groups (broad SMARTS) is 1. The van der Waals surface area contributed by atoms with E-state index in [1.54, 1.807) is 0 Å². The van der Waals surface area contributed by atoms with Crippen LogP contribution in [0.25, 0.3) is 0 Å². The summed E-state index contributed by atoms with van der Waals surface area (Å²) in [4.78, 5) is 33.6. The zero-order valence-corrected chi connectivity index (χ0v) is 14.5. The number of amides is 2. The van der Waals surface area contributed by atoms with Gasteiger partial charge in [-0.2, -0.15) is 11.8 Å². The predicted octanol–water partition coefficient (Wildman–Crippen LogP) is 0.774. The van der Waals surface area contributed by atoms with E-state index >= 15 is 0 Å². The summed E-state index contributed by atoms with van der Waals surface area (Å²) in [6, 6.07) is -0.502. The van der Waals surface area contributed by atoms with Crippen LogP contribution in [0.4, 0.5) is 4.79 Å². The number of nitrogens with two attached hydrogens (primary N) is 1. The molecule has 0 saturated carbocycles. The lowest BCUT2D eigenvalue weighted by atomic mass is 10.0. The number of urea groups is 1. The molecule has 0 radical (unpaired) electrons. The molecule has 0 spiro atoms. The van der Waals surface area contributed by atoms with Gasteiger partial charge in [0, 0.05) is 23.2 Å². The van der Waals surface area contributed by atoms with Crippen molar-refractivity contribution in [2.75, 3.05) is 11.5 Å². The second-order valence-corrected chi connectivity index (χ2v) is 8.25. The van der Waals surface area contributed by atoms with Gasteiger partial charge in [-0.1, -0.05) is 18.2 Å². The van der Waals surface area contributed by atoms with E-state index in [9.17, 15) is 14.4 Å². The lowest BCUT2D eigenvalue weighted by Crippen LogP contribution is -2.36. The lowest BCUT2D eigenvalue weighted by Gasteiger charge is -2.16. The second-order valence-electron chi connectivity index (χ2n) is 5.82. The highest BCUT2D eigenvalue weighted by atomic mass is 32.2. The Morgan fingerprint density at radius 2 is 2.17 bits per heavy atom. The number of aliphatic carboxylic acids is 1. The quantitative estimate of drug-likeness (QED) is 0.353. The molecule has 2 aliphatic rings. The highest BCUT2D eigenvalue weighted by molar-refractivity contribution is 8.13. The Balaban J connectivity index is 1.53. The van der Waals surface area contributed by atoms with Crippen molar-refractivity contribution in [1.82, 2.24) is 10.6 Å². The largest absolute Gasteiger partial charge is 0.480 e.